The Bertz CT molecular complexity index is 660. The minimum absolute atomic E-state index is 0.663. The lowest BCUT2D eigenvalue weighted by molar-refractivity contribution is 0.889. The van der Waals surface area contributed by atoms with E-state index in [-0.39, 0.29) is 0 Å². The molecule has 0 amide bonds. The summed E-state index contributed by atoms with van der Waals surface area (Å²) in [4.78, 5) is 13.2. The van der Waals surface area contributed by atoms with Gasteiger partial charge in [0, 0.05) is 23.7 Å². The Hall–Kier alpha value is -2.49. The first-order valence-corrected chi connectivity index (χ1v) is 6.28. The lowest BCUT2D eigenvalue weighted by atomic mass is 10.1. The zero-order valence-corrected chi connectivity index (χ0v) is 10.7. The standard InChI is InChI=1S/C15H14N4/c1-2-13-10-14(12-6-4-3-5-7-12)18-15(17-13)19-9-8-16-11-19/h3-11H,2H2,1H3. The van der Waals surface area contributed by atoms with E-state index in [1.54, 1.807) is 12.5 Å². The van der Waals surface area contributed by atoms with E-state index in [9.17, 15) is 0 Å². The third kappa shape index (κ3) is 2.38. The van der Waals surface area contributed by atoms with Crippen LogP contribution in [0.15, 0.2) is 55.1 Å². The first-order valence-electron chi connectivity index (χ1n) is 6.28. The number of benzene rings is 1. The predicted octanol–water partition coefficient (Wildman–Crippen LogP) is 2.89. The normalized spacial score (nSPS) is 10.6. The molecule has 0 aliphatic heterocycles. The lowest BCUT2D eigenvalue weighted by Gasteiger charge is -2.07. The zero-order valence-electron chi connectivity index (χ0n) is 10.7. The molecule has 0 unspecified atom stereocenters. The highest BCUT2D eigenvalue weighted by Crippen LogP contribution is 2.18. The van der Waals surface area contributed by atoms with E-state index in [2.05, 4.69) is 34.0 Å². The molecule has 3 rings (SSSR count). The second-order valence-electron chi connectivity index (χ2n) is 4.23. The number of nitrogens with zero attached hydrogens (tertiary/aromatic N) is 4. The maximum Gasteiger partial charge on any atom is 0.235 e. The summed E-state index contributed by atoms with van der Waals surface area (Å²) in [5, 5.41) is 0. The van der Waals surface area contributed by atoms with E-state index in [0.29, 0.717) is 5.95 Å². The Balaban J connectivity index is 2.13. The van der Waals surface area contributed by atoms with Gasteiger partial charge < -0.3 is 0 Å². The topological polar surface area (TPSA) is 43.6 Å². The number of hydrogen-bond acceptors (Lipinski definition) is 3. The molecule has 0 fully saturated rings. The van der Waals surface area contributed by atoms with Gasteiger partial charge in [-0.1, -0.05) is 37.3 Å². The average molecular weight is 250 g/mol. The van der Waals surface area contributed by atoms with E-state index in [1.807, 2.05) is 35.0 Å². The molecule has 0 saturated heterocycles. The molecule has 0 N–H and O–H groups in total. The number of aryl methyl sites for hydroxylation is 1. The van der Waals surface area contributed by atoms with Gasteiger partial charge in [-0.25, -0.2) is 15.0 Å². The summed E-state index contributed by atoms with van der Waals surface area (Å²) in [6.45, 7) is 2.09. The predicted molar refractivity (Wildman–Crippen MR) is 74.0 cm³/mol. The molecule has 2 aromatic heterocycles. The minimum Gasteiger partial charge on any atom is -0.274 e. The van der Waals surface area contributed by atoms with Crippen molar-refractivity contribution in [2.24, 2.45) is 0 Å². The first kappa shape index (κ1) is 11.6. The average Bonchev–Trinajstić information content (AvgIpc) is 3.02. The van der Waals surface area contributed by atoms with Crippen molar-refractivity contribution >= 4 is 0 Å². The van der Waals surface area contributed by atoms with Crippen LogP contribution in [-0.2, 0) is 6.42 Å². The Morgan fingerprint density at radius 3 is 2.63 bits per heavy atom. The quantitative estimate of drug-likeness (QED) is 0.718. The molecule has 94 valence electrons. The third-order valence-corrected chi connectivity index (χ3v) is 2.93. The van der Waals surface area contributed by atoms with Crippen LogP contribution in [0.5, 0.6) is 0 Å². The fraction of sp³-hybridized carbons (Fsp3) is 0.133. The molecular formula is C15H14N4. The van der Waals surface area contributed by atoms with Crippen LogP contribution in [0.2, 0.25) is 0 Å². The second-order valence-corrected chi connectivity index (χ2v) is 4.23. The first-order chi connectivity index (χ1) is 9.36. The van der Waals surface area contributed by atoms with Crippen LogP contribution >= 0.6 is 0 Å². The lowest BCUT2D eigenvalue weighted by Crippen LogP contribution is -2.03. The number of rotatable bonds is 3. The molecule has 0 bridgehead atoms. The van der Waals surface area contributed by atoms with E-state index in [4.69, 9.17) is 0 Å². The maximum absolute atomic E-state index is 4.61. The zero-order chi connectivity index (χ0) is 13.1. The van der Waals surface area contributed by atoms with Crippen molar-refractivity contribution in [2.45, 2.75) is 13.3 Å². The van der Waals surface area contributed by atoms with Crippen molar-refractivity contribution in [1.82, 2.24) is 19.5 Å². The second kappa shape index (κ2) is 5.02. The smallest absolute Gasteiger partial charge is 0.235 e. The van der Waals surface area contributed by atoms with Crippen molar-refractivity contribution in [3.8, 4) is 17.2 Å². The largest absolute Gasteiger partial charge is 0.274 e. The van der Waals surface area contributed by atoms with E-state index in [1.165, 1.54) is 0 Å². The molecule has 4 nitrogen and oxygen atoms in total. The SMILES string of the molecule is CCc1cc(-c2ccccc2)nc(-n2ccnc2)n1. The highest BCUT2D eigenvalue weighted by Gasteiger charge is 2.06. The summed E-state index contributed by atoms with van der Waals surface area (Å²) in [6.07, 6.45) is 6.17. The van der Waals surface area contributed by atoms with Crippen LogP contribution < -0.4 is 0 Å². The van der Waals surface area contributed by atoms with Crippen LogP contribution in [0.1, 0.15) is 12.6 Å². The molecule has 3 aromatic rings. The minimum atomic E-state index is 0.663. The van der Waals surface area contributed by atoms with Crippen LogP contribution in [-0.4, -0.2) is 19.5 Å². The molecule has 19 heavy (non-hydrogen) atoms. The van der Waals surface area contributed by atoms with Crippen LogP contribution in [0.4, 0.5) is 0 Å². The van der Waals surface area contributed by atoms with Gasteiger partial charge in [0.15, 0.2) is 0 Å². The Kier molecular flexibility index (Phi) is 3.06. The number of aromatic nitrogens is 4. The molecule has 0 aliphatic rings. The fourth-order valence-electron chi connectivity index (χ4n) is 1.91. The molecule has 0 saturated carbocycles. The molecule has 1 aromatic carbocycles. The van der Waals surface area contributed by atoms with Crippen LogP contribution in [0.25, 0.3) is 17.2 Å². The highest BCUT2D eigenvalue weighted by atomic mass is 15.2. The molecule has 0 spiro atoms. The van der Waals surface area contributed by atoms with Gasteiger partial charge in [-0.05, 0) is 12.5 Å². The van der Waals surface area contributed by atoms with Crippen molar-refractivity contribution in [1.29, 1.82) is 0 Å². The highest BCUT2D eigenvalue weighted by molar-refractivity contribution is 5.59. The van der Waals surface area contributed by atoms with Gasteiger partial charge in [-0.2, -0.15) is 0 Å². The molecule has 0 radical (unpaired) electrons. The maximum atomic E-state index is 4.61. The van der Waals surface area contributed by atoms with Crippen LogP contribution in [0, 0.1) is 0 Å². The Morgan fingerprint density at radius 2 is 1.95 bits per heavy atom. The molecular weight excluding hydrogens is 236 g/mol. The van der Waals surface area contributed by atoms with Crippen molar-refractivity contribution in [3.63, 3.8) is 0 Å². The van der Waals surface area contributed by atoms with E-state index < -0.39 is 0 Å². The van der Waals surface area contributed by atoms with Gasteiger partial charge in [0.2, 0.25) is 5.95 Å². The summed E-state index contributed by atoms with van der Waals surface area (Å²) >= 11 is 0. The van der Waals surface area contributed by atoms with Gasteiger partial charge in [-0.3, -0.25) is 4.57 Å². The Labute approximate surface area is 111 Å². The summed E-state index contributed by atoms with van der Waals surface area (Å²) in [7, 11) is 0. The van der Waals surface area contributed by atoms with Crippen molar-refractivity contribution in [2.75, 3.05) is 0 Å². The van der Waals surface area contributed by atoms with Crippen LogP contribution in [0.3, 0.4) is 0 Å². The van der Waals surface area contributed by atoms with Gasteiger partial charge in [-0.15, -0.1) is 0 Å². The van der Waals surface area contributed by atoms with Gasteiger partial charge >= 0.3 is 0 Å². The molecule has 2 heterocycles. The van der Waals surface area contributed by atoms with Crippen molar-refractivity contribution in [3.05, 3.63) is 60.8 Å². The molecule has 0 atom stereocenters. The Morgan fingerprint density at radius 1 is 1.11 bits per heavy atom. The molecule has 4 heteroatoms. The summed E-state index contributed by atoms with van der Waals surface area (Å²) in [6, 6.07) is 12.2. The van der Waals surface area contributed by atoms with Gasteiger partial charge in [0.1, 0.15) is 6.33 Å². The van der Waals surface area contributed by atoms with Gasteiger partial charge in [0.25, 0.3) is 0 Å². The third-order valence-electron chi connectivity index (χ3n) is 2.93. The number of imidazole rings is 1. The summed E-state index contributed by atoms with van der Waals surface area (Å²) in [5.74, 6) is 0.663. The van der Waals surface area contributed by atoms with Crippen molar-refractivity contribution < 1.29 is 0 Å². The fourth-order valence-corrected chi connectivity index (χ4v) is 1.91. The van der Waals surface area contributed by atoms with E-state index >= 15 is 0 Å². The summed E-state index contributed by atoms with van der Waals surface area (Å²) < 4.78 is 1.82. The van der Waals surface area contributed by atoms with E-state index in [0.717, 1.165) is 23.4 Å². The monoisotopic (exact) mass is 250 g/mol. The number of hydrogen-bond donors (Lipinski definition) is 0. The van der Waals surface area contributed by atoms with Gasteiger partial charge in [0.05, 0.1) is 5.69 Å². The summed E-state index contributed by atoms with van der Waals surface area (Å²) in [5.41, 5.74) is 3.06. The molecule has 0 aliphatic carbocycles.